The Bertz CT molecular complexity index is 513. The molecule has 0 spiro atoms. The first-order valence-electron chi connectivity index (χ1n) is 7.53. The van der Waals surface area contributed by atoms with Crippen molar-refractivity contribution >= 4 is 13.3 Å². The second kappa shape index (κ2) is 6.60. The van der Waals surface area contributed by atoms with Gasteiger partial charge in [0.15, 0.2) is 0 Å². The van der Waals surface area contributed by atoms with E-state index in [1.807, 2.05) is 0 Å². The van der Waals surface area contributed by atoms with Crippen molar-refractivity contribution < 1.29 is 21.7 Å². The fraction of sp³-hybridized carbons (Fsp3) is 0.444. The fourth-order valence-corrected chi connectivity index (χ4v) is 6.23. The van der Waals surface area contributed by atoms with E-state index in [0.29, 0.717) is 5.92 Å². The van der Waals surface area contributed by atoms with E-state index in [4.69, 9.17) is 0 Å². The van der Waals surface area contributed by atoms with Crippen molar-refractivity contribution in [2.24, 2.45) is 5.92 Å². The zero-order valence-electron chi connectivity index (χ0n) is 12.6. The van der Waals surface area contributed by atoms with Crippen LogP contribution in [0, 0.1) is 12.0 Å². The summed E-state index contributed by atoms with van der Waals surface area (Å²) in [6.45, 7) is 5.01. The summed E-state index contributed by atoms with van der Waals surface area (Å²) in [4.78, 5) is 0. The summed E-state index contributed by atoms with van der Waals surface area (Å²) in [7, 11) is -1.34. The summed E-state index contributed by atoms with van der Waals surface area (Å²) in [5.74, 6) is 0.622. The van der Waals surface area contributed by atoms with E-state index in [2.05, 4.69) is 55.6 Å². The molecule has 104 valence electrons. The van der Waals surface area contributed by atoms with Gasteiger partial charge in [-0.05, 0) is 6.42 Å². The summed E-state index contributed by atoms with van der Waals surface area (Å²) in [6, 6.07) is 12.5. The third kappa shape index (κ3) is 3.27. The molecule has 2 aliphatic rings. The third-order valence-corrected chi connectivity index (χ3v) is 8.03. The topological polar surface area (TPSA) is 0 Å². The van der Waals surface area contributed by atoms with Gasteiger partial charge in [0.05, 0.1) is 8.07 Å². The van der Waals surface area contributed by atoms with Gasteiger partial charge in [0.2, 0.25) is 0 Å². The molecule has 1 atom stereocenters. The molecule has 0 heterocycles. The van der Waals surface area contributed by atoms with Gasteiger partial charge in [0.25, 0.3) is 0 Å². The Morgan fingerprint density at radius 2 is 1.80 bits per heavy atom. The molecule has 2 heteroatoms. The number of allylic oxidation sites excluding steroid dienone is 4. The standard InChI is InChI=1S/C18H23Si.Ti/c1-19(2,17-9-4-3-5-10-17)14-16-13-12-15-8-6-7-11-18(15)16;/h3-5,9-10,12,16H,6-8,11,14H2,1-2H3;/q-1;. The molecule has 0 fully saturated rings. The van der Waals surface area contributed by atoms with E-state index in [0.717, 1.165) is 0 Å². The van der Waals surface area contributed by atoms with Crippen LogP contribution in [0.25, 0.3) is 0 Å². The van der Waals surface area contributed by atoms with Crippen LogP contribution in [-0.2, 0) is 21.7 Å². The third-order valence-electron chi connectivity index (χ3n) is 4.70. The molecule has 1 aromatic carbocycles. The Labute approximate surface area is 139 Å². The van der Waals surface area contributed by atoms with Gasteiger partial charge >= 0.3 is 0 Å². The molecule has 0 bridgehead atoms. The van der Waals surface area contributed by atoms with Gasteiger partial charge in [0.1, 0.15) is 0 Å². The smallest absolute Gasteiger partial charge is 0.0799 e. The minimum Gasteiger partial charge on any atom is -0.269 e. The van der Waals surface area contributed by atoms with Crippen molar-refractivity contribution in [3.63, 3.8) is 0 Å². The molecule has 0 aliphatic heterocycles. The predicted molar refractivity (Wildman–Crippen MR) is 85.2 cm³/mol. The van der Waals surface area contributed by atoms with Crippen LogP contribution in [0.3, 0.4) is 0 Å². The molecule has 1 aromatic rings. The maximum Gasteiger partial charge on any atom is 0.0799 e. The molecule has 0 N–H and O–H groups in total. The Hall–Kier alpha value is -0.369. The van der Waals surface area contributed by atoms with Gasteiger partial charge in [-0.3, -0.25) is 6.08 Å². The van der Waals surface area contributed by atoms with E-state index >= 15 is 0 Å². The van der Waals surface area contributed by atoms with Crippen molar-refractivity contribution in [3.8, 4) is 0 Å². The van der Waals surface area contributed by atoms with Gasteiger partial charge < -0.3 is 0 Å². The molecule has 0 nitrogen and oxygen atoms in total. The van der Waals surface area contributed by atoms with Crippen molar-refractivity contribution in [2.45, 2.75) is 44.8 Å². The van der Waals surface area contributed by atoms with Gasteiger partial charge in [0, 0.05) is 21.7 Å². The van der Waals surface area contributed by atoms with Crippen LogP contribution < -0.4 is 5.19 Å². The first kappa shape index (κ1) is 16.0. The summed E-state index contributed by atoms with van der Waals surface area (Å²) >= 11 is 0. The van der Waals surface area contributed by atoms with E-state index in [9.17, 15) is 0 Å². The average Bonchev–Trinajstić information content (AvgIpc) is 2.83. The first-order chi connectivity index (χ1) is 9.17. The Morgan fingerprint density at radius 3 is 2.55 bits per heavy atom. The molecule has 0 aromatic heterocycles. The van der Waals surface area contributed by atoms with Crippen LogP contribution in [0.15, 0.2) is 47.6 Å². The molecule has 20 heavy (non-hydrogen) atoms. The summed E-state index contributed by atoms with van der Waals surface area (Å²) in [5, 5.41) is 1.58. The average molecular weight is 315 g/mol. The van der Waals surface area contributed by atoms with Crippen LogP contribution in [0.1, 0.15) is 25.7 Å². The maximum absolute atomic E-state index is 3.66. The van der Waals surface area contributed by atoms with Gasteiger partial charge in [-0.2, -0.15) is 11.1 Å². The molecule has 3 rings (SSSR count). The Kier molecular flexibility index (Phi) is 5.28. The quantitative estimate of drug-likeness (QED) is 0.571. The van der Waals surface area contributed by atoms with Gasteiger partial charge in [-0.15, -0.1) is 0 Å². The minimum atomic E-state index is -1.34. The number of hydrogen-bond donors (Lipinski definition) is 0. The zero-order valence-corrected chi connectivity index (χ0v) is 15.1. The maximum atomic E-state index is 3.66. The van der Waals surface area contributed by atoms with Gasteiger partial charge in [-0.25, -0.2) is 6.08 Å². The van der Waals surface area contributed by atoms with Crippen molar-refractivity contribution in [3.05, 3.63) is 53.6 Å². The minimum absolute atomic E-state index is 0. The summed E-state index contributed by atoms with van der Waals surface area (Å²) in [5.41, 5.74) is 3.34. The Morgan fingerprint density at radius 1 is 1.10 bits per heavy atom. The van der Waals surface area contributed by atoms with E-state index in [1.165, 1.54) is 31.7 Å². The van der Waals surface area contributed by atoms with E-state index in [1.54, 1.807) is 16.3 Å². The molecular weight excluding hydrogens is 292 g/mol. The molecule has 2 aliphatic carbocycles. The molecular formula is C18H23SiTi-. The summed E-state index contributed by atoms with van der Waals surface area (Å²) in [6.07, 6.45) is 11.3. The van der Waals surface area contributed by atoms with Crippen LogP contribution in [0.4, 0.5) is 0 Å². The second-order valence-corrected chi connectivity index (χ2v) is 11.3. The second-order valence-electron chi connectivity index (χ2n) is 6.58. The van der Waals surface area contributed by atoms with Crippen LogP contribution in [-0.4, -0.2) is 8.07 Å². The van der Waals surface area contributed by atoms with Crippen LogP contribution >= 0.6 is 0 Å². The molecule has 0 amide bonds. The zero-order chi connectivity index (χ0) is 13.3. The molecule has 0 radical (unpaired) electrons. The van der Waals surface area contributed by atoms with Crippen molar-refractivity contribution in [1.82, 2.24) is 0 Å². The summed E-state index contributed by atoms with van der Waals surface area (Å²) < 4.78 is 0. The largest absolute Gasteiger partial charge is 0.269 e. The number of hydrogen-bond acceptors (Lipinski definition) is 0. The van der Waals surface area contributed by atoms with Crippen molar-refractivity contribution in [1.29, 1.82) is 0 Å². The molecule has 0 saturated carbocycles. The van der Waals surface area contributed by atoms with E-state index in [-0.39, 0.29) is 21.7 Å². The van der Waals surface area contributed by atoms with Crippen molar-refractivity contribution in [2.75, 3.05) is 0 Å². The predicted octanol–water partition coefficient (Wildman–Crippen LogP) is 4.46. The van der Waals surface area contributed by atoms with E-state index < -0.39 is 8.07 Å². The molecule has 0 saturated heterocycles. The first-order valence-corrected chi connectivity index (χ1v) is 10.7. The van der Waals surface area contributed by atoms with Crippen LogP contribution in [0.5, 0.6) is 0 Å². The number of rotatable bonds is 3. The van der Waals surface area contributed by atoms with Crippen LogP contribution in [0.2, 0.25) is 19.1 Å². The molecule has 1 unspecified atom stereocenters. The number of benzene rings is 1. The van der Waals surface area contributed by atoms with Gasteiger partial charge in [-0.1, -0.05) is 79.8 Å². The SMILES string of the molecule is C[Si](C)(CC1[C-]=CC2=C1CCCC2)c1ccccc1.[Ti]. The fourth-order valence-electron chi connectivity index (χ4n) is 3.52. The monoisotopic (exact) mass is 315 g/mol. The normalized spacial score (nSPS) is 21.6. The Balaban J connectivity index is 0.00000147.